The molecule has 4 nitrogen and oxygen atoms in total. The minimum Gasteiger partial charge on any atom is -0.505 e. The largest absolute Gasteiger partial charge is 0.505 e. The van der Waals surface area contributed by atoms with Crippen LogP contribution < -0.4 is 0 Å². The van der Waals surface area contributed by atoms with Gasteiger partial charge in [-0.25, -0.2) is 9.78 Å². The lowest BCUT2D eigenvalue weighted by molar-refractivity contribution is 0.00598. The highest BCUT2D eigenvalue weighted by atomic mass is 127. The van der Waals surface area contributed by atoms with E-state index in [9.17, 15) is 9.90 Å². The number of hydrogen-bond donors (Lipinski definition) is 1. The highest BCUT2D eigenvalue weighted by Gasteiger charge is 2.21. The Morgan fingerprint density at radius 2 is 2.13 bits per heavy atom. The van der Waals surface area contributed by atoms with Crippen molar-refractivity contribution in [1.82, 2.24) is 4.98 Å². The van der Waals surface area contributed by atoms with Crippen LogP contribution in [-0.2, 0) is 4.74 Å². The molecule has 0 saturated carbocycles. The minimum atomic E-state index is -0.614. The first-order chi connectivity index (χ1) is 6.79. The molecule has 5 heteroatoms. The SMILES string of the molecule is CC(C)(C)OC(=O)c1ncc(I)cc1O. The lowest BCUT2D eigenvalue weighted by Crippen LogP contribution is -2.24. The molecule has 0 aromatic carbocycles. The number of carbonyl (C=O) groups is 1. The van der Waals surface area contributed by atoms with Crippen LogP contribution >= 0.6 is 22.6 Å². The van der Waals surface area contributed by atoms with Crippen LogP contribution in [0.1, 0.15) is 31.3 Å². The third kappa shape index (κ3) is 3.65. The van der Waals surface area contributed by atoms with E-state index in [4.69, 9.17) is 4.74 Å². The average Bonchev–Trinajstić information content (AvgIpc) is 1.99. The molecule has 0 aliphatic carbocycles. The lowest BCUT2D eigenvalue weighted by atomic mass is 10.2. The molecule has 15 heavy (non-hydrogen) atoms. The smallest absolute Gasteiger partial charge is 0.361 e. The van der Waals surface area contributed by atoms with Gasteiger partial charge >= 0.3 is 5.97 Å². The monoisotopic (exact) mass is 321 g/mol. The van der Waals surface area contributed by atoms with Crippen LogP contribution in [0.2, 0.25) is 0 Å². The molecule has 0 saturated heterocycles. The first-order valence-corrected chi connectivity index (χ1v) is 5.45. The normalized spacial score (nSPS) is 11.2. The maximum Gasteiger partial charge on any atom is 0.361 e. The number of halogens is 1. The molecule has 1 heterocycles. The number of pyridine rings is 1. The number of rotatable bonds is 1. The molecule has 1 N–H and O–H groups in total. The summed E-state index contributed by atoms with van der Waals surface area (Å²) in [5.41, 5.74) is -0.640. The van der Waals surface area contributed by atoms with Crippen molar-refractivity contribution in [3.8, 4) is 5.75 Å². The van der Waals surface area contributed by atoms with Gasteiger partial charge in [-0.3, -0.25) is 0 Å². The second-order valence-corrected chi connectivity index (χ2v) is 5.27. The molecule has 0 fully saturated rings. The van der Waals surface area contributed by atoms with Gasteiger partial charge < -0.3 is 9.84 Å². The highest BCUT2D eigenvalue weighted by molar-refractivity contribution is 14.1. The van der Waals surface area contributed by atoms with Gasteiger partial charge in [0.2, 0.25) is 0 Å². The van der Waals surface area contributed by atoms with Crippen LogP contribution in [0.15, 0.2) is 12.3 Å². The third-order valence-corrected chi connectivity index (χ3v) is 2.02. The number of aromatic hydroxyl groups is 1. The Kier molecular flexibility index (Phi) is 3.54. The second-order valence-electron chi connectivity index (χ2n) is 4.02. The van der Waals surface area contributed by atoms with Gasteiger partial charge in [0.1, 0.15) is 11.4 Å². The average molecular weight is 321 g/mol. The number of ether oxygens (including phenoxy) is 1. The zero-order chi connectivity index (χ0) is 11.6. The molecule has 0 radical (unpaired) electrons. The number of carbonyl (C=O) groups excluding carboxylic acids is 1. The zero-order valence-corrected chi connectivity index (χ0v) is 10.9. The van der Waals surface area contributed by atoms with Gasteiger partial charge in [-0.15, -0.1) is 0 Å². The van der Waals surface area contributed by atoms with E-state index in [0.29, 0.717) is 0 Å². The van der Waals surface area contributed by atoms with E-state index in [-0.39, 0.29) is 11.4 Å². The van der Waals surface area contributed by atoms with E-state index in [1.54, 1.807) is 20.8 Å². The Bertz CT molecular complexity index is 385. The van der Waals surface area contributed by atoms with Gasteiger partial charge in [-0.1, -0.05) is 0 Å². The molecule has 0 aliphatic rings. The van der Waals surface area contributed by atoms with E-state index in [1.165, 1.54) is 12.3 Å². The maximum absolute atomic E-state index is 11.5. The Hall–Kier alpha value is -0.850. The van der Waals surface area contributed by atoms with E-state index < -0.39 is 11.6 Å². The molecule has 0 bridgehead atoms. The Labute approximate surface area is 102 Å². The molecule has 0 atom stereocenters. The van der Waals surface area contributed by atoms with E-state index >= 15 is 0 Å². The zero-order valence-electron chi connectivity index (χ0n) is 8.74. The standard InChI is InChI=1S/C10H12INO3/c1-10(2,3)15-9(14)8-7(13)4-6(11)5-12-8/h4-5,13H,1-3H3. The van der Waals surface area contributed by atoms with Crippen molar-refractivity contribution in [1.29, 1.82) is 0 Å². The van der Waals surface area contributed by atoms with E-state index in [2.05, 4.69) is 4.98 Å². The van der Waals surface area contributed by atoms with Crippen LogP contribution in [0.3, 0.4) is 0 Å². The highest BCUT2D eigenvalue weighted by Crippen LogP contribution is 2.20. The topological polar surface area (TPSA) is 59.4 Å². The quantitative estimate of drug-likeness (QED) is 0.637. The number of hydrogen-bond acceptors (Lipinski definition) is 4. The predicted molar refractivity (Wildman–Crippen MR) is 63.8 cm³/mol. The molecule has 82 valence electrons. The van der Waals surface area contributed by atoms with Crippen molar-refractivity contribution in [3.63, 3.8) is 0 Å². The van der Waals surface area contributed by atoms with Crippen molar-refractivity contribution in [2.24, 2.45) is 0 Å². The number of esters is 1. The van der Waals surface area contributed by atoms with Crippen LogP contribution in [0, 0.1) is 3.57 Å². The molecule has 0 spiro atoms. The van der Waals surface area contributed by atoms with Gasteiger partial charge in [-0.2, -0.15) is 0 Å². The summed E-state index contributed by atoms with van der Waals surface area (Å²) >= 11 is 2.00. The fourth-order valence-corrected chi connectivity index (χ4v) is 1.35. The summed E-state index contributed by atoms with van der Waals surface area (Å²) in [4.78, 5) is 15.4. The van der Waals surface area contributed by atoms with E-state index in [0.717, 1.165) is 3.57 Å². The van der Waals surface area contributed by atoms with Gasteiger partial charge in [0.05, 0.1) is 0 Å². The van der Waals surface area contributed by atoms with Crippen LogP contribution in [0.25, 0.3) is 0 Å². The minimum absolute atomic E-state index is 0.0506. The Morgan fingerprint density at radius 3 is 2.60 bits per heavy atom. The molecule has 1 aromatic heterocycles. The first-order valence-electron chi connectivity index (χ1n) is 4.37. The molecular formula is C10H12INO3. The van der Waals surface area contributed by atoms with Crippen molar-refractivity contribution >= 4 is 28.6 Å². The first kappa shape index (κ1) is 12.2. The molecule has 0 unspecified atom stereocenters. The van der Waals surface area contributed by atoms with Gasteiger partial charge in [0.15, 0.2) is 5.69 Å². The summed E-state index contributed by atoms with van der Waals surface area (Å²) in [7, 11) is 0. The van der Waals surface area contributed by atoms with Crippen LogP contribution in [0.4, 0.5) is 0 Å². The molecule has 0 amide bonds. The Balaban J connectivity index is 2.92. The summed E-state index contributed by atoms with van der Waals surface area (Å²) in [5.74, 6) is -0.771. The third-order valence-electron chi connectivity index (χ3n) is 1.43. The summed E-state index contributed by atoms with van der Waals surface area (Å²) in [6.07, 6.45) is 1.50. The summed E-state index contributed by atoms with van der Waals surface area (Å²) in [6.45, 7) is 5.28. The van der Waals surface area contributed by atoms with Gasteiger partial charge in [0, 0.05) is 9.77 Å². The van der Waals surface area contributed by atoms with Crippen molar-refractivity contribution in [3.05, 3.63) is 21.5 Å². The van der Waals surface area contributed by atoms with Crippen molar-refractivity contribution < 1.29 is 14.6 Å². The number of nitrogens with zero attached hydrogens (tertiary/aromatic N) is 1. The number of aromatic nitrogens is 1. The van der Waals surface area contributed by atoms with Crippen molar-refractivity contribution in [2.45, 2.75) is 26.4 Å². The fraction of sp³-hybridized carbons (Fsp3) is 0.400. The van der Waals surface area contributed by atoms with E-state index in [1.807, 2.05) is 22.6 Å². The summed E-state index contributed by atoms with van der Waals surface area (Å²) in [6, 6.07) is 1.47. The fourth-order valence-electron chi connectivity index (χ4n) is 0.912. The molecule has 1 aromatic rings. The van der Waals surface area contributed by atoms with Crippen LogP contribution in [-0.4, -0.2) is 21.7 Å². The second kappa shape index (κ2) is 4.34. The summed E-state index contributed by atoms with van der Waals surface area (Å²) in [5, 5.41) is 9.49. The molecule has 1 rings (SSSR count). The molecule has 0 aliphatic heterocycles. The van der Waals surface area contributed by atoms with Gasteiger partial charge in [-0.05, 0) is 49.4 Å². The lowest BCUT2D eigenvalue weighted by Gasteiger charge is -2.19. The predicted octanol–water partition coefficient (Wildman–Crippen LogP) is 2.35. The van der Waals surface area contributed by atoms with Crippen LogP contribution in [0.5, 0.6) is 5.75 Å². The van der Waals surface area contributed by atoms with Gasteiger partial charge in [0.25, 0.3) is 0 Å². The summed E-state index contributed by atoms with van der Waals surface area (Å²) < 4.78 is 5.84. The van der Waals surface area contributed by atoms with Crippen molar-refractivity contribution in [2.75, 3.05) is 0 Å². The molecular weight excluding hydrogens is 309 g/mol. The Morgan fingerprint density at radius 1 is 1.53 bits per heavy atom. The maximum atomic E-state index is 11.5.